The van der Waals surface area contributed by atoms with Crippen LogP contribution in [0.4, 0.5) is 0 Å². The Morgan fingerprint density at radius 2 is 1.42 bits per heavy atom. The van der Waals surface area contributed by atoms with Crippen molar-refractivity contribution in [3.05, 3.63) is 59.7 Å². The van der Waals surface area contributed by atoms with Crippen LogP contribution in [0.25, 0.3) is 0 Å². The Kier molecular flexibility index (Phi) is 5.89. The summed E-state index contributed by atoms with van der Waals surface area (Å²) < 4.78 is 11.9. The molecule has 2 aromatic carbocycles. The average molecular weight is 327 g/mol. The van der Waals surface area contributed by atoms with Crippen molar-refractivity contribution in [2.75, 3.05) is 0 Å². The summed E-state index contributed by atoms with van der Waals surface area (Å²) in [4.78, 5) is 0. The number of hydrogen-bond donors (Lipinski definition) is 0. The van der Waals surface area contributed by atoms with Gasteiger partial charge in [0.2, 0.25) is 0 Å². The molecule has 2 unspecified atom stereocenters. The third kappa shape index (κ3) is 4.75. The molecule has 3 nitrogen and oxygen atoms in total. The van der Waals surface area contributed by atoms with E-state index in [0.717, 1.165) is 6.42 Å². The van der Waals surface area contributed by atoms with Crippen molar-refractivity contribution in [3.63, 3.8) is 0 Å². The van der Waals surface area contributed by atoms with Gasteiger partial charge in [0.15, 0.2) is 6.10 Å². The zero-order chi connectivity index (χ0) is 17.7. The first-order valence-corrected chi connectivity index (χ1v) is 8.51. The fourth-order valence-corrected chi connectivity index (χ4v) is 2.39. The van der Waals surface area contributed by atoms with Gasteiger partial charge in [-0.15, -0.1) is 0 Å². The first kappa shape index (κ1) is 18.3. The highest BCUT2D eigenvalue weighted by Crippen LogP contribution is 2.36. The van der Waals surface area contributed by atoms with Crippen molar-refractivity contribution in [1.29, 1.82) is 0 Å². The zero-order valence-corrected chi connectivity index (χ0v) is 15.2. The minimum atomic E-state index is -1.05. The predicted octanol–water partition coefficient (Wildman–Crippen LogP) is 5.56. The minimum Gasteiger partial charge on any atom is -0.490 e. The molecule has 0 saturated heterocycles. The lowest BCUT2D eigenvalue weighted by atomic mass is 9.99. The molecule has 0 bridgehead atoms. The first-order chi connectivity index (χ1) is 11.3. The fourth-order valence-electron chi connectivity index (χ4n) is 2.39. The van der Waals surface area contributed by atoms with E-state index in [1.165, 1.54) is 0 Å². The molecular weight excluding hydrogens is 300 g/mol. The lowest BCUT2D eigenvalue weighted by Crippen LogP contribution is -2.24. The molecule has 2 rings (SSSR count). The van der Waals surface area contributed by atoms with Crippen molar-refractivity contribution in [2.45, 2.75) is 58.8 Å². The van der Waals surface area contributed by atoms with E-state index in [9.17, 15) is 5.11 Å². The van der Waals surface area contributed by atoms with Crippen LogP contribution in [0.15, 0.2) is 48.5 Å². The predicted molar refractivity (Wildman–Crippen MR) is 96.2 cm³/mol. The highest BCUT2D eigenvalue weighted by atomic mass is 16.5. The summed E-state index contributed by atoms with van der Waals surface area (Å²) in [6.45, 7) is 10.00. The summed E-state index contributed by atoms with van der Waals surface area (Å²) in [5.74, 6) is 1.28. The molecule has 0 heterocycles. The topological polar surface area (TPSA) is 38.4 Å². The summed E-state index contributed by atoms with van der Waals surface area (Å²) in [5, 5.41) is 13.2. The highest BCUT2D eigenvalue weighted by Gasteiger charge is 2.23. The maximum Gasteiger partial charge on any atom is 0.150 e. The molecule has 0 aliphatic heterocycles. The second kappa shape index (κ2) is 7.71. The quantitative estimate of drug-likeness (QED) is 0.696. The van der Waals surface area contributed by atoms with Crippen LogP contribution < -0.4 is 9.47 Å². The second-order valence-corrected chi connectivity index (χ2v) is 7.01. The van der Waals surface area contributed by atoms with Crippen LogP contribution in [0.1, 0.15) is 58.3 Å². The fraction of sp³-hybridized carbons (Fsp3) is 0.429. The number of benzene rings is 2. The molecule has 0 saturated carbocycles. The van der Waals surface area contributed by atoms with Crippen LogP contribution in [0.3, 0.4) is 0 Å². The molecule has 1 radical (unpaired) electrons. The van der Waals surface area contributed by atoms with Crippen LogP contribution in [-0.2, 0) is 5.11 Å². The van der Waals surface area contributed by atoms with E-state index >= 15 is 0 Å². The van der Waals surface area contributed by atoms with Gasteiger partial charge in [-0.05, 0) is 46.2 Å². The molecule has 0 spiro atoms. The number of ether oxygens (including phenoxy) is 2. The Hall–Kier alpha value is -2.00. The molecule has 0 aliphatic rings. The third-order valence-electron chi connectivity index (χ3n) is 3.72. The smallest absolute Gasteiger partial charge is 0.150 e. The van der Waals surface area contributed by atoms with Crippen LogP contribution in [0.2, 0.25) is 0 Å². The molecule has 0 N–H and O–H groups in total. The second-order valence-electron chi connectivity index (χ2n) is 7.01. The first-order valence-electron chi connectivity index (χ1n) is 8.51. The van der Waals surface area contributed by atoms with Gasteiger partial charge in [-0.25, -0.2) is 5.11 Å². The third-order valence-corrected chi connectivity index (χ3v) is 3.72. The molecule has 0 aromatic heterocycles. The largest absolute Gasteiger partial charge is 0.490 e. The van der Waals surface area contributed by atoms with Gasteiger partial charge in [0.05, 0.1) is 6.10 Å². The summed E-state index contributed by atoms with van der Waals surface area (Å²) in [6.07, 6.45) is -0.0927. The molecule has 2 atom stereocenters. The average Bonchev–Trinajstić information content (AvgIpc) is 2.53. The highest BCUT2D eigenvalue weighted by molar-refractivity contribution is 5.45. The molecule has 3 heteroatoms. The van der Waals surface area contributed by atoms with E-state index in [2.05, 4.69) is 6.92 Å². The number of hydrogen-bond acceptors (Lipinski definition) is 2. The van der Waals surface area contributed by atoms with Crippen LogP contribution in [0, 0.1) is 0 Å². The van der Waals surface area contributed by atoms with E-state index in [0.29, 0.717) is 22.6 Å². The lowest BCUT2D eigenvalue weighted by Gasteiger charge is -2.25. The maximum absolute atomic E-state index is 13.2. The van der Waals surface area contributed by atoms with Gasteiger partial charge in [0.1, 0.15) is 17.1 Å². The Balaban J connectivity index is 2.38. The van der Waals surface area contributed by atoms with Gasteiger partial charge < -0.3 is 9.47 Å². The number of para-hydroxylation sites is 2. The zero-order valence-electron chi connectivity index (χ0n) is 15.2. The molecule has 24 heavy (non-hydrogen) atoms. The van der Waals surface area contributed by atoms with Gasteiger partial charge in [-0.1, -0.05) is 43.3 Å². The Morgan fingerprint density at radius 1 is 0.917 bits per heavy atom. The summed E-state index contributed by atoms with van der Waals surface area (Å²) >= 11 is 0. The summed E-state index contributed by atoms with van der Waals surface area (Å²) in [5.41, 5.74) is 0.915. The van der Waals surface area contributed by atoms with E-state index in [-0.39, 0.29) is 11.7 Å². The molecule has 0 fully saturated rings. The van der Waals surface area contributed by atoms with Gasteiger partial charge in [-0.3, -0.25) is 0 Å². The van der Waals surface area contributed by atoms with Crippen molar-refractivity contribution < 1.29 is 14.6 Å². The van der Waals surface area contributed by atoms with Crippen molar-refractivity contribution >= 4 is 0 Å². The van der Waals surface area contributed by atoms with E-state index in [1.54, 1.807) is 0 Å². The maximum atomic E-state index is 13.2. The molecule has 0 amide bonds. The van der Waals surface area contributed by atoms with Crippen LogP contribution >= 0.6 is 0 Å². The van der Waals surface area contributed by atoms with Gasteiger partial charge in [-0.2, -0.15) is 0 Å². The normalized spacial score (nSPS) is 14.1. The van der Waals surface area contributed by atoms with E-state index in [4.69, 9.17) is 9.47 Å². The monoisotopic (exact) mass is 327 g/mol. The van der Waals surface area contributed by atoms with Crippen molar-refractivity contribution in [2.24, 2.45) is 0 Å². The molecule has 129 valence electrons. The van der Waals surface area contributed by atoms with Gasteiger partial charge in [0.25, 0.3) is 0 Å². The van der Waals surface area contributed by atoms with E-state index in [1.807, 2.05) is 76.2 Å². The lowest BCUT2D eigenvalue weighted by molar-refractivity contribution is 0.0982. The Morgan fingerprint density at radius 3 is 1.96 bits per heavy atom. The van der Waals surface area contributed by atoms with Crippen LogP contribution in [-0.4, -0.2) is 11.7 Å². The Bertz CT molecular complexity index is 658. The summed E-state index contributed by atoms with van der Waals surface area (Å²) in [7, 11) is 0. The molecule has 0 aliphatic carbocycles. The van der Waals surface area contributed by atoms with Gasteiger partial charge in [0, 0.05) is 11.1 Å². The standard InChI is InChI=1S/C21H27O3/c1-6-15(2)23-18-13-9-7-11-16(18)20(22)17-12-8-10-14-19(17)24-21(3,4)5/h7-15,20H,6H2,1-5H3. The molecule has 2 aromatic rings. The van der Waals surface area contributed by atoms with Crippen molar-refractivity contribution in [3.8, 4) is 11.5 Å². The van der Waals surface area contributed by atoms with Gasteiger partial charge >= 0.3 is 0 Å². The number of rotatable bonds is 6. The minimum absolute atomic E-state index is 0.0689. The molecular formula is C21H27O3. The SMILES string of the molecule is CCC(C)Oc1ccccc1C([O])c1ccccc1OC(C)(C)C. The van der Waals surface area contributed by atoms with E-state index < -0.39 is 6.10 Å². The Labute approximate surface area is 145 Å². The van der Waals surface area contributed by atoms with Crippen LogP contribution in [0.5, 0.6) is 11.5 Å². The summed E-state index contributed by atoms with van der Waals surface area (Å²) in [6, 6.07) is 14.9. The van der Waals surface area contributed by atoms with Crippen molar-refractivity contribution in [1.82, 2.24) is 0 Å².